The molecule has 0 unspecified atom stereocenters. The molecule has 0 bridgehead atoms. The fourth-order valence-corrected chi connectivity index (χ4v) is 5.28. The first-order chi connectivity index (χ1) is 13.2. The van der Waals surface area contributed by atoms with Crippen molar-refractivity contribution < 1.29 is 13.5 Å². The van der Waals surface area contributed by atoms with Crippen LogP contribution < -0.4 is 4.74 Å². The fourth-order valence-electron chi connectivity index (χ4n) is 5.28. The van der Waals surface area contributed by atoms with Gasteiger partial charge in [-0.15, -0.1) is 0 Å². The van der Waals surface area contributed by atoms with Gasteiger partial charge in [-0.1, -0.05) is 51.5 Å². The first kappa shape index (κ1) is 20.6. The lowest BCUT2D eigenvalue weighted by Crippen LogP contribution is -2.27. The molecule has 3 heteroatoms. The van der Waals surface area contributed by atoms with Crippen molar-refractivity contribution in [2.45, 2.75) is 84.0 Å². The zero-order valence-corrected chi connectivity index (χ0v) is 16.9. The third kappa shape index (κ3) is 5.93. The van der Waals surface area contributed by atoms with Crippen LogP contribution in [0.15, 0.2) is 18.2 Å². The maximum Gasteiger partial charge on any atom is 0.190 e. The summed E-state index contributed by atoms with van der Waals surface area (Å²) in [7, 11) is 0. The second-order valence-corrected chi connectivity index (χ2v) is 8.92. The number of hydrogen-bond acceptors (Lipinski definition) is 1. The Hall–Kier alpha value is -1.12. The summed E-state index contributed by atoms with van der Waals surface area (Å²) in [5.74, 6) is 1.79. The van der Waals surface area contributed by atoms with Crippen LogP contribution in [0.5, 0.6) is 5.75 Å². The van der Waals surface area contributed by atoms with Crippen molar-refractivity contribution >= 4 is 0 Å². The maximum absolute atomic E-state index is 13.7. The second-order valence-electron chi connectivity index (χ2n) is 8.92. The Morgan fingerprint density at radius 1 is 0.815 bits per heavy atom. The van der Waals surface area contributed by atoms with Crippen LogP contribution in [0.25, 0.3) is 0 Å². The topological polar surface area (TPSA) is 9.23 Å². The van der Waals surface area contributed by atoms with Gasteiger partial charge in [0.15, 0.2) is 17.4 Å². The zero-order chi connectivity index (χ0) is 19.1. The van der Waals surface area contributed by atoms with Crippen LogP contribution in [-0.2, 0) is 0 Å². The Morgan fingerprint density at radius 2 is 1.37 bits per heavy atom. The highest BCUT2D eigenvalue weighted by molar-refractivity contribution is 5.25. The van der Waals surface area contributed by atoms with E-state index in [1.54, 1.807) is 0 Å². The molecule has 1 nitrogen and oxygen atoms in total. The molecule has 0 radical (unpaired) electrons. The number of benzene rings is 1. The zero-order valence-electron chi connectivity index (χ0n) is 16.9. The summed E-state index contributed by atoms with van der Waals surface area (Å²) in [6.07, 6.45) is 16.1. The monoisotopic (exact) mass is 378 g/mol. The van der Waals surface area contributed by atoms with E-state index in [9.17, 15) is 8.78 Å². The molecule has 0 spiro atoms. The minimum Gasteiger partial charge on any atom is -0.487 e. The van der Waals surface area contributed by atoms with Crippen molar-refractivity contribution in [2.75, 3.05) is 6.61 Å². The molecule has 0 amide bonds. The van der Waals surface area contributed by atoms with Gasteiger partial charge in [0.1, 0.15) is 0 Å². The predicted octanol–water partition coefficient (Wildman–Crippen LogP) is 7.54. The molecule has 2 fully saturated rings. The minimum absolute atomic E-state index is 0.207. The highest BCUT2D eigenvalue weighted by Gasteiger charge is 2.31. The standard InChI is InChI=1S/C24H36F2O/c1-2-3-4-6-18-9-13-20(14-10-18)21-15-11-19(12-16-21)17-27-24-22(25)7-5-8-23(24)26/h5,7-8,18-21H,2-4,6,9-17H2,1H3. The van der Waals surface area contributed by atoms with E-state index in [4.69, 9.17) is 4.74 Å². The number of unbranched alkanes of at least 4 members (excludes halogenated alkanes) is 2. The molecule has 27 heavy (non-hydrogen) atoms. The van der Waals surface area contributed by atoms with Gasteiger partial charge in [-0.05, 0) is 74.3 Å². The van der Waals surface area contributed by atoms with Gasteiger partial charge in [-0.3, -0.25) is 0 Å². The van der Waals surface area contributed by atoms with Crippen LogP contribution >= 0.6 is 0 Å². The molecule has 2 saturated carbocycles. The number of ether oxygens (including phenoxy) is 1. The Kier molecular flexibility index (Phi) is 7.96. The quantitative estimate of drug-likeness (QED) is 0.425. The summed E-state index contributed by atoms with van der Waals surface area (Å²) >= 11 is 0. The highest BCUT2D eigenvalue weighted by atomic mass is 19.1. The Bertz CT molecular complexity index is 537. The number of hydrogen-bond donors (Lipinski definition) is 0. The molecule has 3 rings (SSSR count). The summed E-state index contributed by atoms with van der Waals surface area (Å²) in [6, 6.07) is 3.89. The van der Waals surface area contributed by atoms with Crippen molar-refractivity contribution in [1.82, 2.24) is 0 Å². The van der Waals surface area contributed by atoms with Gasteiger partial charge < -0.3 is 4.74 Å². The minimum atomic E-state index is -0.598. The highest BCUT2D eigenvalue weighted by Crippen LogP contribution is 2.42. The summed E-state index contributed by atoms with van der Waals surface area (Å²) < 4.78 is 32.8. The summed E-state index contributed by atoms with van der Waals surface area (Å²) in [5, 5.41) is 0. The van der Waals surface area contributed by atoms with Crippen molar-refractivity contribution in [3.05, 3.63) is 29.8 Å². The van der Waals surface area contributed by atoms with Crippen LogP contribution in [-0.4, -0.2) is 6.61 Å². The average molecular weight is 379 g/mol. The van der Waals surface area contributed by atoms with Crippen LogP contribution in [0.3, 0.4) is 0 Å². The van der Waals surface area contributed by atoms with E-state index in [2.05, 4.69) is 6.92 Å². The van der Waals surface area contributed by atoms with Crippen LogP contribution in [0.4, 0.5) is 8.78 Å². The van der Waals surface area contributed by atoms with Gasteiger partial charge in [0.2, 0.25) is 0 Å². The summed E-state index contributed by atoms with van der Waals surface area (Å²) in [6.45, 7) is 2.72. The molecule has 0 saturated heterocycles. The Morgan fingerprint density at radius 3 is 1.93 bits per heavy atom. The molecule has 0 aromatic heterocycles. The van der Waals surface area contributed by atoms with Gasteiger partial charge in [0, 0.05) is 0 Å². The van der Waals surface area contributed by atoms with Crippen LogP contribution in [0, 0.1) is 35.3 Å². The molecule has 0 heterocycles. The normalized spacial score (nSPS) is 28.9. The fraction of sp³-hybridized carbons (Fsp3) is 0.750. The van der Waals surface area contributed by atoms with E-state index in [0.29, 0.717) is 12.5 Å². The third-order valence-electron chi connectivity index (χ3n) is 7.05. The second kappa shape index (κ2) is 10.4. The van der Waals surface area contributed by atoms with E-state index < -0.39 is 11.6 Å². The number of para-hydroxylation sites is 1. The molecule has 0 N–H and O–H groups in total. The average Bonchev–Trinajstić information content (AvgIpc) is 2.69. The van der Waals surface area contributed by atoms with Crippen LogP contribution in [0.1, 0.15) is 84.0 Å². The van der Waals surface area contributed by atoms with Crippen molar-refractivity contribution in [2.24, 2.45) is 23.7 Å². The molecule has 2 aliphatic rings. The maximum atomic E-state index is 13.7. The molecular formula is C24H36F2O. The van der Waals surface area contributed by atoms with Crippen molar-refractivity contribution in [3.63, 3.8) is 0 Å². The number of halogens is 2. The molecule has 2 aliphatic carbocycles. The Labute approximate surface area is 163 Å². The summed E-state index contributed by atoms with van der Waals surface area (Å²) in [4.78, 5) is 0. The van der Waals surface area contributed by atoms with Gasteiger partial charge >= 0.3 is 0 Å². The van der Waals surface area contributed by atoms with Crippen molar-refractivity contribution in [1.29, 1.82) is 0 Å². The van der Waals surface area contributed by atoms with Gasteiger partial charge in [0.05, 0.1) is 6.61 Å². The van der Waals surface area contributed by atoms with Gasteiger partial charge in [0.25, 0.3) is 0 Å². The third-order valence-corrected chi connectivity index (χ3v) is 7.05. The van der Waals surface area contributed by atoms with Gasteiger partial charge in [-0.25, -0.2) is 8.78 Å². The van der Waals surface area contributed by atoms with E-state index in [1.807, 2.05) is 0 Å². The van der Waals surface area contributed by atoms with Crippen LogP contribution in [0.2, 0.25) is 0 Å². The molecule has 152 valence electrons. The predicted molar refractivity (Wildman–Crippen MR) is 107 cm³/mol. The largest absolute Gasteiger partial charge is 0.487 e. The van der Waals surface area contributed by atoms with Gasteiger partial charge in [-0.2, -0.15) is 0 Å². The molecule has 0 aliphatic heterocycles. The molecule has 1 aromatic rings. The first-order valence-electron chi connectivity index (χ1n) is 11.2. The smallest absolute Gasteiger partial charge is 0.190 e. The molecular weight excluding hydrogens is 342 g/mol. The first-order valence-corrected chi connectivity index (χ1v) is 11.2. The van der Waals surface area contributed by atoms with E-state index in [0.717, 1.165) is 30.6 Å². The van der Waals surface area contributed by atoms with Crippen molar-refractivity contribution in [3.8, 4) is 5.75 Å². The Balaban J connectivity index is 1.36. The van der Waals surface area contributed by atoms with E-state index in [1.165, 1.54) is 82.4 Å². The molecule has 0 atom stereocenters. The lowest BCUT2D eigenvalue weighted by Gasteiger charge is -2.38. The lowest BCUT2D eigenvalue weighted by molar-refractivity contribution is 0.119. The molecule has 1 aromatic carbocycles. The van der Waals surface area contributed by atoms with E-state index in [-0.39, 0.29) is 5.75 Å². The summed E-state index contributed by atoms with van der Waals surface area (Å²) in [5.41, 5.74) is 0. The lowest BCUT2D eigenvalue weighted by atomic mass is 9.69. The SMILES string of the molecule is CCCCCC1CCC(C2CCC(COc3c(F)cccc3F)CC2)CC1. The number of rotatable bonds is 8. The van der Waals surface area contributed by atoms with E-state index >= 15 is 0 Å².